The van der Waals surface area contributed by atoms with Gasteiger partial charge in [0.15, 0.2) is 0 Å². The Morgan fingerprint density at radius 2 is 2.08 bits per heavy atom. The van der Waals surface area contributed by atoms with Crippen LogP contribution in [0.4, 0.5) is 13.2 Å². The number of halogens is 3. The van der Waals surface area contributed by atoms with Crippen molar-refractivity contribution in [3.8, 4) is 0 Å². The van der Waals surface area contributed by atoms with Crippen LogP contribution in [0.2, 0.25) is 0 Å². The lowest BCUT2D eigenvalue weighted by molar-refractivity contribution is -0.138. The molecule has 0 aromatic rings. The lowest BCUT2D eigenvalue weighted by Crippen LogP contribution is -2.39. The van der Waals surface area contributed by atoms with Gasteiger partial charge in [-0.1, -0.05) is 0 Å². The van der Waals surface area contributed by atoms with Gasteiger partial charge in [0.05, 0.1) is 6.04 Å². The molecule has 0 aromatic carbocycles. The predicted octanol–water partition coefficient (Wildman–Crippen LogP) is 0.402. The van der Waals surface area contributed by atoms with Crippen molar-refractivity contribution in [3.63, 3.8) is 0 Å². The van der Waals surface area contributed by atoms with Gasteiger partial charge in [-0.05, 0) is 13.5 Å². The van der Waals surface area contributed by atoms with Crippen molar-refractivity contribution in [2.75, 3.05) is 7.05 Å². The van der Waals surface area contributed by atoms with Crippen LogP contribution in [0, 0.1) is 0 Å². The average Bonchev–Trinajstić information content (AvgIpc) is 1.85. The quantitative estimate of drug-likeness (QED) is 0.664. The first-order valence-corrected chi connectivity index (χ1v) is 3.40. The third-order valence-electron chi connectivity index (χ3n) is 1.41. The van der Waals surface area contributed by atoms with Crippen LogP contribution >= 0.6 is 0 Å². The number of amides is 1. The monoisotopic (exact) mass is 184 g/mol. The zero-order valence-corrected chi connectivity index (χ0v) is 6.61. The van der Waals surface area contributed by atoms with E-state index in [1.807, 2.05) is 0 Å². The van der Waals surface area contributed by atoms with Crippen molar-refractivity contribution in [1.82, 2.24) is 5.32 Å². The number of carbonyl (C=O) groups is 1. The molecule has 0 aromatic heterocycles. The highest BCUT2D eigenvalue weighted by Gasteiger charge is 2.29. The van der Waals surface area contributed by atoms with Crippen LogP contribution in [-0.4, -0.2) is 25.2 Å². The van der Waals surface area contributed by atoms with E-state index in [1.165, 1.54) is 7.05 Å². The maximum atomic E-state index is 11.6. The van der Waals surface area contributed by atoms with Gasteiger partial charge in [0, 0.05) is 6.42 Å². The molecule has 3 nitrogen and oxygen atoms in total. The fraction of sp³-hybridized carbons (Fsp3) is 0.833. The summed E-state index contributed by atoms with van der Waals surface area (Å²) < 4.78 is 34.9. The topological polar surface area (TPSA) is 55.1 Å². The molecule has 1 amide bonds. The molecule has 0 fully saturated rings. The number of hydrogen-bond acceptors (Lipinski definition) is 2. The second kappa shape index (κ2) is 4.30. The van der Waals surface area contributed by atoms with Crippen molar-refractivity contribution in [2.45, 2.75) is 25.1 Å². The molecule has 0 saturated carbocycles. The van der Waals surface area contributed by atoms with Crippen LogP contribution in [0.25, 0.3) is 0 Å². The Kier molecular flexibility index (Phi) is 4.02. The molecule has 0 heterocycles. The van der Waals surface area contributed by atoms with Crippen molar-refractivity contribution in [3.05, 3.63) is 0 Å². The summed E-state index contributed by atoms with van der Waals surface area (Å²) >= 11 is 0. The zero-order valence-electron chi connectivity index (χ0n) is 6.61. The number of nitrogens with one attached hydrogen (secondary N) is 1. The van der Waals surface area contributed by atoms with E-state index in [-0.39, 0.29) is 6.42 Å². The summed E-state index contributed by atoms with van der Waals surface area (Å²) in [5.74, 6) is -0.762. The van der Waals surface area contributed by atoms with Crippen molar-refractivity contribution < 1.29 is 18.0 Å². The highest BCUT2D eigenvalue weighted by molar-refractivity contribution is 5.79. The molecule has 0 saturated heterocycles. The van der Waals surface area contributed by atoms with Gasteiger partial charge in [-0.3, -0.25) is 4.79 Å². The van der Waals surface area contributed by atoms with Gasteiger partial charge in [-0.2, -0.15) is 13.2 Å². The van der Waals surface area contributed by atoms with E-state index in [1.54, 1.807) is 0 Å². The molecule has 12 heavy (non-hydrogen) atoms. The largest absolute Gasteiger partial charge is 0.389 e. The zero-order chi connectivity index (χ0) is 9.78. The predicted molar refractivity (Wildman–Crippen MR) is 37.3 cm³/mol. The second-order valence-corrected chi connectivity index (χ2v) is 2.40. The first-order chi connectivity index (χ1) is 5.37. The standard InChI is InChI=1S/C6H11F3N2O/c1-11-4(5(10)12)2-3-6(7,8)9/h4,11H,2-3H2,1H3,(H2,10,12)/t4-/m1/s1. The minimum absolute atomic E-state index is 0.310. The lowest BCUT2D eigenvalue weighted by Gasteiger charge is -2.12. The number of alkyl halides is 3. The van der Waals surface area contributed by atoms with Gasteiger partial charge in [0.25, 0.3) is 0 Å². The Morgan fingerprint density at radius 1 is 1.58 bits per heavy atom. The summed E-state index contributed by atoms with van der Waals surface area (Å²) in [7, 11) is 1.39. The Morgan fingerprint density at radius 3 is 2.33 bits per heavy atom. The van der Waals surface area contributed by atoms with E-state index in [0.29, 0.717) is 0 Å². The molecule has 0 unspecified atom stereocenters. The Labute approximate surface area is 68.1 Å². The summed E-state index contributed by atoms with van der Waals surface area (Å²) in [6.07, 6.45) is -5.54. The van der Waals surface area contributed by atoms with E-state index in [4.69, 9.17) is 5.73 Å². The summed E-state index contributed by atoms with van der Waals surface area (Å²) in [4.78, 5) is 10.4. The number of primary amides is 1. The van der Waals surface area contributed by atoms with Gasteiger partial charge in [-0.15, -0.1) is 0 Å². The molecule has 0 rings (SSSR count). The SMILES string of the molecule is CN[C@H](CCC(F)(F)F)C(N)=O. The van der Waals surface area contributed by atoms with E-state index in [2.05, 4.69) is 5.32 Å². The summed E-state index contributed by atoms with van der Waals surface area (Å²) in [5.41, 5.74) is 4.81. The third kappa shape index (κ3) is 4.95. The molecule has 0 radical (unpaired) electrons. The molecule has 0 spiro atoms. The highest BCUT2D eigenvalue weighted by atomic mass is 19.4. The van der Waals surface area contributed by atoms with E-state index in [9.17, 15) is 18.0 Å². The molecular formula is C6H11F3N2O. The molecule has 6 heteroatoms. The molecular weight excluding hydrogens is 173 g/mol. The van der Waals surface area contributed by atoms with Gasteiger partial charge in [0.2, 0.25) is 5.91 Å². The number of carbonyl (C=O) groups excluding carboxylic acids is 1. The van der Waals surface area contributed by atoms with Crippen molar-refractivity contribution in [2.24, 2.45) is 5.73 Å². The van der Waals surface area contributed by atoms with E-state index < -0.39 is 24.5 Å². The molecule has 0 bridgehead atoms. The smallest absolute Gasteiger partial charge is 0.368 e. The van der Waals surface area contributed by atoms with Crippen LogP contribution in [0.3, 0.4) is 0 Å². The number of nitrogens with two attached hydrogens (primary N) is 1. The minimum Gasteiger partial charge on any atom is -0.368 e. The molecule has 72 valence electrons. The van der Waals surface area contributed by atoms with Gasteiger partial charge in [0.1, 0.15) is 0 Å². The first-order valence-electron chi connectivity index (χ1n) is 3.40. The van der Waals surface area contributed by atoms with Gasteiger partial charge in [-0.25, -0.2) is 0 Å². The van der Waals surface area contributed by atoms with Crippen molar-refractivity contribution in [1.29, 1.82) is 0 Å². The fourth-order valence-electron chi connectivity index (χ4n) is 0.737. The fourth-order valence-corrected chi connectivity index (χ4v) is 0.737. The van der Waals surface area contributed by atoms with E-state index >= 15 is 0 Å². The Balaban J connectivity index is 3.81. The number of hydrogen-bond donors (Lipinski definition) is 2. The second-order valence-electron chi connectivity index (χ2n) is 2.40. The summed E-state index contributed by atoms with van der Waals surface area (Å²) in [6, 6.07) is -0.897. The maximum absolute atomic E-state index is 11.6. The summed E-state index contributed by atoms with van der Waals surface area (Å²) in [5, 5.41) is 2.40. The lowest BCUT2D eigenvalue weighted by atomic mass is 10.1. The van der Waals surface area contributed by atoms with E-state index in [0.717, 1.165) is 0 Å². The van der Waals surface area contributed by atoms with Crippen LogP contribution in [0.15, 0.2) is 0 Å². The molecule has 1 atom stereocenters. The van der Waals surface area contributed by atoms with Crippen molar-refractivity contribution >= 4 is 5.91 Å². The molecule has 0 aliphatic heterocycles. The van der Waals surface area contributed by atoms with Crippen LogP contribution in [0.5, 0.6) is 0 Å². The molecule has 3 N–H and O–H groups in total. The average molecular weight is 184 g/mol. The highest BCUT2D eigenvalue weighted by Crippen LogP contribution is 2.21. The van der Waals surface area contributed by atoms with Crippen LogP contribution in [0.1, 0.15) is 12.8 Å². The normalized spacial score (nSPS) is 14.3. The number of likely N-dealkylation sites (N-methyl/N-ethyl adjacent to an activating group) is 1. The Bertz CT molecular complexity index is 157. The molecule has 0 aliphatic carbocycles. The van der Waals surface area contributed by atoms with Gasteiger partial charge < -0.3 is 11.1 Å². The minimum atomic E-state index is -4.23. The van der Waals surface area contributed by atoms with Crippen LogP contribution in [-0.2, 0) is 4.79 Å². The maximum Gasteiger partial charge on any atom is 0.389 e. The number of rotatable bonds is 4. The third-order valence-corrected chi connectivity index (χ3v) is 1.41. The van der Waals surface area contributed by atoms with Gasteiger partial charge >= 0.3 is 6.18 Å². The first kappa shape index (κ1) is 11.2. The van der Waals surface area contributed by atoms with Crippen LogP contribution < -0.4 is 11.1 Å². The Hall–Kier alpha value is -0.780. The molecule has 0 aliphatic rings. The summed E-state index contributed by atoms with van der Waals surface area (Å²) in [6.45, 7) is 0.